The monoisotopic (exact) mass is 302 g/mol. The Labute approximate surface area is 118 Å². The molecular formula is C15H11F5O. The van der Waals surface area contributed by atoms with Crippen molar-refractivity contribution in [2.45, 2.75) is 12.6 Å². The SMILES string of the molecule is COc1cc(-c2ccc(C(F)(F)F)cc2)cc(C(F)F)c1. The van der Waals surface area contributed by atoms with E-state index in [2.05, 4.69) is 0 Å². The molecule has 0 amide bonds. The van der Waals surface area contributed by atoms with E-state index in [0.717, 1.165) is 12.1 Å². The average molecular weight is 302 g/mol. The van der Waals surface area contributed by atoms with E-state index in [9.17, 15) is 22.0 Å². The van der Waals surface area contributed by atoms with Gasteiger partial charge in [0.1, 0.15) is 5.75 Å². The van der Waals surface area contributed by atoms with Crippen LogP contribution in [0.5, 0.6) is 5.75 Å². The van der Waals surface area contributed by atoms with Crippen LogP contribution in [0.2, 0.25) is 0 Å². The quantitative estimate of drug-likeness (QED) is 0.697. The molecule has 0 saturated carbocycles. The van der Waals surface area contributed by atoms with Gasteiger partial charge in [0.15, 0.2) is 0 Å². The summed E-state index contributed by atoms with van der Waals surface area (Å²) in [5.74, 6) is 0.225. The van der Waals surface area contributed by atoms with Gasteiger partial charge in [-0.2, -0.15) is 13.2 Å². The van der Waals surface area contributed by atoms with Gasteiger partial charge in [0.2, 0.25) is 0 Å². The van der Waals surface area contributed by atoms with Gasteiger partial charge in [-0.05, 0) is 41.5 Å². The standard InChI is InChI=1S/C15H11F5O/c1-21-13-7-10(6-11(8-13)14(16)17)9-2-4-12(5-3-9)15(18,19)20/h2-8,14H,1H3. The number of methoxy groups -OCH3 is 1. The highest BCUT2D eigenvalue weighted by Crippen LogP contribution is 2.33. The van der Waals surface area contributed by atoms with Gasteiger partial charge in [0.05, 0.1) is 12.7 Å². The second kappa shape index (κ2) is 5.71. The second-order valence-corrected chi connectivity index (χ2v) is 4.37. The lowest BCUT2D eigenvalue weighted by Crippen LogP contribution is -2.04. The van der Waals surface area contributed by atoms with Crippen LogP contribution in [0.15, 0.2) is 42.5 Å². The zero-order chi connectivity index (χ0) is 15.6. The zero-order valence-corrected chi connectivity index (χ0v) is 10.9. The Hall–Kier alpha value is -2.11. The number of hydrogen-bond acceptors (Lipinski definition) is 1. The van der Waals surface area contributed by atoms with Crippen molar-refractivity contribution >= 4 is 0 Å². The average Bonchev–Trinajstić information content (AvgIpc) is 2.46. The molecule has 1 nitrogen and oxygen atoms in total. The Morgan fingerprint density at radius 3 is 2.00 bits per heavy atom. The molecule has 21 heavy (non-hydrogen) atoms. The van der Waals surface area contributed by atoms with Gasteiger partial charge in [-0.3, -0.25) is 0 Å². The highest BCUT2D eigenvalue weighted by Gasteiger charge is 2.30. The molecule has 0 aromatic heterocycles. The van der Waals surface area contributed by atoms with E-state index < -0.39 is 18.2 Å². The number of rotatable bonds is 3. The van der Waals surface area contributed by atoms with Crippen molar-refractivity contribution in [2.75, 3.05) is 7.11 Å². The van der Waals surface area contributed by atoms with Crippen molar-refractivity contribution < 1.29 is 26.7 Å². The Morgan fingerprint density at radius 1 is 0.905 bits per heavy atom. The summed E-state index contributed by atoms with van der Waals surface area (Å²) in [6, 6.07) is 8.23. The first-order chi connectivity index (χ1) is 9.81. The van der Waals surface area contributed by atoms with Crippen LogP contribution in [0.1, 0.15) is 17.6 Å². The van der Waals surface area contributed by atoms with Gasteiger partial charge < -0.3 is 4.74 Å². The first-order valence-corrected chi connectivity index (χ1v) is 5.96. The third kappa shape index (κ3) is 3.51. The minimum absolute atomic E-state index is 0.225. The first kappa shape index (κ1) is 15.3. The molecule has 0 fully saturated rings. The van der Waals surface area contributed by atoms with Crippen molar-refractivity contribution in [3.8, 4) is 16.9 Å². The van der Waals surface area contributed by atoms with Crippen LogP contribution in [0, 0.1) is 0 Å². The van der Waals surface area contributed by atoms with E-state index in [0.29, 0.717) is 11.1 Å². The van der Waals surface area contributed by atoms with E-state index in [1.54, 1.807) is 0 Å². The molecule has 0 aliphatic heterocycles. The molecule has 112 valence electrons. The molecule has 0 aliphatic rings. The summed E-state index contributed by atoms with van der Waals surface area (Å²) in [7, 11) is 1.33. The molecule has 0 heterocycles. The summed E-state index contributed by atoms with van der Waals surface area (Å²) >= 11 is 0. The van der Waals surface area contributed by atoms with E-state index >= 15 is 0 Å². The van der Waals surface area contributed by atoms with Crippen LogP contribution in [0.3, 0.4) is 0 Å². The fraction of sp³-hybridized carbons (Fsp3) is 0.200. The van der Waals surface area contributed by atoms with Gasteiger partial charge in [-0.15, -0.1) is 0 Å². The third-order valence-corrected chi connectivity index (χ3v) is 2.96. The van der Waals surface area contributed by atoms with Crippen LogP contribution >= 0.6 is 0 Å². The summed E-state index contributed by atoms with van der Waals surface area (Å²) in [6.07, 6.45) is -7.12. The molecule has 0 N–H and O–H groups in total. The van der Waals surface area contributed by atoms with Crippen molar-refractivity contribution in [1.82, 2.24) is 0 Å². The van der Waals surface area contributed by atoms with Gasteiger partial charge in [-0.1, -0.05) is 12.1 Å². The third-order valence-electron chi connectivity index (χ3n) is 2.96. The predicted octanol–water partition coefficient (Wildman–Crippen LogP) is 5.32. The molecule has 0 spiro atoms. The number of benzene rings is 2. The number of hydrogen-bond donors (Lipinski definition) is 0. The van der Waals surface area contributed by atoms with Gasteiger partial charge in [-0.25, -0.2) is 8.78 Å². The Balaban J connectivity index is 2.44. The van der Waals surface area contributed by atoms with Gasteiger partial charge in [0.25, 0.3) is 6.43 Å². The predicted molar refractivity (Wildman–Crippen MR) is 68.4 cm³/mol. The maximum atomic E-state index is 12.8. The number of ether oxygens (including phenoxy) is 1. The molecule has 6 heteroatoms. The molecule has 0 bridgehead atoms. The molecule has 2 aromatic rings. The maximum absolute atomic E-state index is 12.8. The molecule has 2 rings (SSSR count). The van der Waals surface area contributed by atoms with Crippen LogP contribution in [-0.4, -0.2) is 7.11 Å². The zero-order valence-electron chi connectivity index (χ0n) is 10.9. The molecular weight excluding hydrogens is 291 g/mol. The van der Waals surface area contributed by atoms with Crippen LogP contribution in [0.4, 0.5) is 22.0 Å². The minimum Gasteiger partial charge on any atom is -0.497 e. The Bertz CT molecular complexity index is 617. The molecule has 0 aliphatic carbocycles. The lowest BCUT2D eigenvalue weighted by Gasteiger charge is -2.10. The lowest BCUT2D eigenvalue weighted by atomic mass is 10.0. The summed E-state index contributed by atoms with van der Waals surface area (Å²) in [4.78, 5) is 0. The minimum atomic E-state index is -4.43. The highest BCUT2D eigenvalue weighted by molar-refractivity contribution is 5.66. The molecule has 0 unspecified atom stereocenters. The van der Waals surface area contributed by atoms with Crippen LogP contribution in [0.25, 0.3) is 11.1 Å². The summed E-state index contributed by atoms with van der Waals surface area (Å²) in [5, 5.41) is 0. The normalized spacial score (nSPS) is 11.8. The largest absolute Gasteiger partial charge is 0.497 e. The van der Waals surface area contributed by atoms with E-state index in [1.807, 2.05) is 0 Å². The molecule has 0 saturated heterocycles. The van der Waals surface area contributed by atoms with Crippen molar-refractivity contribution in [3.05, 3.63) is 53.6 Å². The van der Waals surface area contributed by atoms with Gasteiger partial charge in [0, 0.05) is 5.56 Å². The highest BCUT2D eigenvalue weighted by atomic mass is 19.4. The van der Waals surface area contributed by atoms with Gasteiger partial charge >= 0.3 is 6.18 Å². The summed E-state index contributed by atoms with van der Waals surface area (Å²) < 4.78 is 68.0. The molecule has 2 aromatic carbocycles. The maximum Gasteiger partial charge on any atom is 0.416 e. The lowest BCUT2D eigenvalue weighted by molar-refractivity contribution is -0.137. The van der Waals surface area contributed by atoms with E-state index in [-0.39, 0.29) is 11.3 Å². The smallest absolute Gasteiger partial charge is 0.416 e. The van der Waals surface area contributed by atoms with Crippen LogP contribution < -0.4 is 4.74 Å². The Kier molecular flexibility index (Phi) is 4.16. The summed E-state index contributed by atoms with van der Waals surface area (Å²) in [5.41, 5.74) is -0.255. The topological polar surface area (TPSA) is 9.23 Å². The fourth-order valence-electron chi connectivity index (χ4n) is 1.88. The summed E-state index contributed by atoms with van der Waals surface area (Å²) in [6.45, 7) is 0. The van der Waals surface area contributed by atoms with Crippen molar-refractivity contribution in [3.63, 3.8) is 0 Å². The molecule has 0 atom stereocenters. The van der Waals surface area contributed by atoms with Crippen LogP contribution in [-0.2, 0) is 6.18 Å². The second-order valence-electron chi connectivity index (χ2n) is 4.37. The Morgan fingerprint density at radius 2 is 1.52 bits per heavy atom. The fourth-order valence-corrected chi connectivity index (χ4v) is 1.88. The number of alkyl halides is 5. The van der Waals surface area contributed by atoms with E-state index in [1.165, 1.54) is 37.4 Å². The number of halogens is 5. The first-order valence-electron chi connectivity index (χ1n) is 5.96. The van der Waals surface area contributed by atoms with Crippen molar-refractivity contribution in [2.24, 2.45) is 0 Å². The van der Waals surface area contributed by atoms with E-state index in [4.69, 9.17) is 4.74 Å². The van der Waals surface area contributed by atoms with Crippen molar-refractivity contribution in [1.29, 1.82) is 0 Å². The molecule has 0 radical (unpaired) electrons.